The maximum absolute atomic E-state index is 11.7. The van der Waals surface area contributed by atoms with E-state index in [0.29, 0.717) is 6.61 Å². The third-order valence-corrected chi connectivity index (χ3v) is 3.21. The molecule has 0 spiro atoms. The average Bonchev–Trinajstić information content (AvgIpc) is 3.05. The van der Waals surface area contributed by atoms with Crippen LogP contribution in [0.3, 0.4) is 0 Å². The predicted molar refractivity (Wildman–Crippen MR) is 66.5 cm³/mol. The van der Waals surface area contributed by atoms with Gasteiger partial charge in [-0.05, 0) is 30.6 Å². The number of ether oxygens (including phenoxy) is 2. The molecule has 0 aliphatic heterocycles. The second-order valence-corrected chi connectivity index (χ2v) is 6.17. The molecule has 0 amide bonds. The van der Waals surface area contributed by atoms with Gasteiger partial charge in [0.15, 0.2) is 0 Å². The first-order valence-corrected chi connectivity index (χ1v) is 6.24. The molecule has 0 radical (unpaired) electrons. The van der Waals surface area contributed by atoms with Gasteiger partial charge in [-0.15, -0.1) is 0 Å². The summed E-state index contributed by atoms with van der Waals surface area (Å²) in [5.74, 6) is -0.125. The molecule has 0 aromatic carbocycles. The van der Waals surface area contributed by atoms with Crippen LogP contribution in [0.2, 0.25) is 0 Å². The van der Waals surface area contributed by atoms with Crippen LogP contribution in [0.1, 0.15) is 40.0 Å². The molecule has 1 aliphatic carbocycles. The van der Waals surface area contributed by atoms with E-state index < -0.39 is 5.54 Å². The lowest BCUT2D eigenvalue weighted by molar-refractivity contribution is -0.150. The molecular weight excluding hydrogens is 218 g/mol. The van der Waals surface area contributed by atoms with Crippen molar-refractivity contribution in [3.63, 3.8) is 0 Å². The molecule has 4 nitrogen and oxygen atoms in total. The first kappa shape index (κ1) is 14.5. The molecule has 0 aromatic rings. The van der Waals surface area contributed by atoms with Crippen molar-refractivity contribution in [3.05, 3.63) is 0 Å². The van der Waals surface area contributed by atoms with Crippen molar-refractivity contribution in [2.24, 2.45) is 17.1 Å². The Balaban J connectivity index is 2.38. The number of hydrogen-bond acceptors (Lipinski definition) is 4. The van der Waals surface area contributed by atoms with Crippen molar-refractivity contribution in [2.75, 3.05) is 20.3 Å². The number of esters is 1. The molecule has 0 aromatic heterocycles. The van der Waals surface area contributed by atoms with Crippen LogP contribution < -0.4 is 5.73 Å². The second-order valence-electron chi connectivity index (χ2n) is 6.17. The molecule has 1 saturated carbocycles. The van der Waals surface area contributed by atoms with E-state index in [1.165, 1.54) is 7.11 Å². The lowest BCUT2D eigenvalue weighted by atomic mass is 9.92. The maximum atomic E-state index is 11.7. The summed E-state index contributed by atoms with van der Waals surface area (Å²) in [6.45, 7) is 7.38. The number of carbonyl (C=O) groups is 1. The van der Waals surface area contributed by atoms with Crippen LogP contribution in [0.4, 0.5) is 0 Å². The second kappa shape index (κ2) is 5.36. The van der Waals surface area contributed by atoms with E-state index in [1.54, 1.807) is 0 Å². The summed E-state index contributed by atoms with van der Waals surface area (Å²) in [4.78, 5) is 11.7. The molecule has 2 N–H and O–H groups in total. The average molecular weight is 243 g/mol. The molecule has 4 heteroatoms. The van der Waals surface area contributed by atoms with Crippen LogP contribution in [0.15, 0.2) is 0 Å². The summed E-state index contributed by atoms with van der Waals surface area (Å²) in [6.07, 6.45) is 2.94. The van der Waals surface area contributed by atoms with Crippen LogP contribution in [0, 0.1) is 11.3 Å². The van der Waals surface area contributed by atoms with Gasteiger partial charge in [0.05, 0.1) is 13.7 Å². The molecule has 17 heavy (non-hydrogen) atoms. The smallest absolute Gasteiger partial charge is 0.328 e. The van der Waals surface area contributed by atoms with Crippen LogP contribution in [-0.4, -0.2) is 31.8 Å². The quantitative estimate of drug-likeness (QED) is 0.570. The van der Waals surface area contributed by atoms with E-state index >= 15 is 0 Å². The molecule has 100 valence electrons. The third kappa shape index (κ3) is 4.28. The monoisotopic (exact) mass is 243 g/mol. The Kier molecular flexibility index (Phi) is 4.55. The van der Waals surface area contributed by atoms with Gasteiger partial charge in [0, 0.05) is 6.61 Å². The predicted octanol–water partition coefficient (Wildman–Crippen LogP) is 1.72. The Morgan fingerprint density at radius 1 is 1.35 bits per heavy atom. The Morgan fingerprint density at radius 3 is 2.35 bits per heavy atom. The SMILES string of the molecule is COC(=O)C(N)(COCCC(C)(C)C)C1CC1. The molecule has 0 saturated heterocycles. The van der Waals surface area contributed by atoms with Crippen molar-refractivity contribution in [1.29, 1.82) is 0 Å². The fraction of sp³-hybridized carbons (Fsp3) is 0.923. The number of hydrogen-bond donors (Lipinski definition) is 1. The highest BCUT2D eigenvalue weighted by Crippen LogP contribution is 2.39. The Bertz CT molecular complexity index is 268. The van der Waals surface area contributed by atoms with Gasteiger partial charge in [-0.3, -0.25) is 0 Å². The molecule has 0 bridgehead atoms. The minimum atomic E-state index is -0.938. The van der Waals surface area contributed by atoms with Gasteiger partial charge in [-0.1, -0.05) is 20.8 Å². The highest BCUT2D eigenvalue weighted by molar-refractivity contribution is 5.81. The first-order valence-electron chi connectivity index (χ1n) is 6.24. The zero-order valence-corrected chi connectivity index (χ0v) is 11.4. The number of carbonyl (C=O) groups excluding carboxylic acids is 1. The summed E-state index contributed by atoms with van der Waals surface area (Å²) < 4.78 is 10.3. The summed E-state index contributed by atoms with van der Waals surface area (Å²) in [6, 6.07) is 0. The molecule has 1 fully saturated rings. The van der Waals surface area contributed by atoms with Gasteiger partial charge in [-0.25, -0.2) is 4.79 Å². The van der Waals surface area contributed by atoms with Crippen molar-refractivity contribution >= 4 is 5.97 Å². The Labute approximate surface area is 104 Å². The van der Waals surface area contributed by atoms with Crippen molar-refractivity contribution in [3.8, 4) is 0 Å². The lowest BCUT2D eigenvalue weighted by Gasteiger charge is -2.27. The molecule has 1 aliphatic rings. The normalized spacial score (nSPS) is 19.8. The third-order valence-electron chi connectivity index (χ3n) is 3.21. The van der Waals surface area contributed by atoms with Gasteiger partial charge in [0.2, 0.25) is 0 Å². The van der Waals surface area contributed by atoms with E-state index in [4.69, 9.17) is 15.2 Å². The molecular formula is C13H25NO3. The van der Waals surface area contributed by atoms with Gasteiger partial charge in [0.25, 0.3) is 0 Å². The molecule has 0 heterocycles. The fourth-order valence-corrected chi connectivity index (χ4v) is 1.75. The van der Waals surface area contributed by atoms with E-state index in [-0.39, 0.29) is 23.9 Å². The van der Waals surface area contributed by atoms with Crippen molar-refractivity contribution in [2.45, 2.75) is 45.6 Å². The summed E-state index contributed by atoms with van der Waals surface area (Å²) in [5.41, 5.74) is 5.41. The van der Waals surface area contributed by atoms with E-state index in [0.717, 1.165) is 19.3 Å². The van der Waals surface area contributed by atoms with E-state index in [2.05, 4.69) is 20.8 Å². The fourth-order valence-electron chi connectivity index (χ4n) is 1.75. The van der Waals surface area contributed by atoms with Gasteiger partial charge in [0.1, 0.15) is 5.54 Å². The summed E-state index contributed by atoms with van der Waals surface area (Å²) in [7, 11) is 1.38. The van der Waals surface area contributed by atoms with Crippen molar-refractivity contribution < 1.29 is 14.3 Å². The Hall–Kier alpha value is -0.610. The van der Waals surface area contributed by atoms with Crippen LogP contribution >= 0.6 is 0 Å². The largest absolute Gasteiger partial charge is 0.468 e. The zero-order valence-electron chi connectivity index (χ0n) is 11.4. The number of rotatable bonds is 6. The molecule has 1 unspecified atom stereocenters. The van der Waals surface area contributed by atoms with Gasteiger partial charge < -0.3 is 15.2 Å². The van der Waals surface area contributed by atoms with Crippen LogP contribution in [0.25, 0.3) is 0 Å². The van der Waals surface area contributed by atoms with Crippen molar-refractivity contribution in [1.82, 2.24) is 0 Å². The van der Waals surface area contributed by atoms with Crippen LogP contribution in [0.5, 0.6) is 0 Å². The minimum absolute atomic E-state index is 0.226. The van der Waals surface area contributed by atoms with Gasteiger partial charge >= 0.3 is 5.97 Å². The first-order chi connectivity index (χ1) is 7.79. The molecule has 1 atom stereocenters. The van der Waals surface area contributed by atoms with E-state index in [1.807, 2.05) is 0 Å². The van der Waals surface area contributed by atoms with Crippen LogP contribution in [-0.2, 0) is 14.3 Å². The van der Waals surface area contributed by atoms with E-state index in [9.17, 15) is 4.79 Å². The lowest BCUT2D eigenvalue weighted by Crippen LogP contribution is -2.54. The Morgan fingerprint density at radius 2 is 1.94 bits per heavy atom. The standard InChI is InChI=1S/C13H25NO3/c1-12(2,3)7-8-17-9-13(14,10-5-6-10)11(15)16-4/h10H,5-9,14H2,1-4H3. The molecule has 1 rings (SSSR count). The highest BCUT2D eigenvalue weighted by Gasteiger charge is 2.49. The topological polar surface area (TPSA) is 61.5 Å². The highest BCUT2D eigenvalue weighted by atomic mass is 16.5. The van der Waals surface area contributed by atoms with Gasteiger partial charge in [-0.2, -0.15) is 0 Å². The number of methoxy groups -OCH3 is 1. The minimum Gasteiger partial charge on any atom is -0.468 e. The number of nitrogens with two attached hydrogens (primary N) is 1. The maximum Gasteiger partial charge on any atom is 0.328 e. The summed E-state index contributed by atoms with van der Waals surface area (Å²) in [5, 5.41) is 0. The zero-order chi connectivity index (χ0) is 13.1. The summed E-state index contributed by atoms with van der Waals surface area (Å²) >= 11 is 0.